The molecule has 1 saturated carbocycles. The number of nitrogens with zero attached hydrogens (tertiary/aromatic N) is 2. The first-order valence-corrected chi connectivity index (χ1v) is 15.3. The van der Waals surface area contributed by atoms with Gasteiger partial charge in [-0.15, -0.1) is 0 Å². The minimum absolute atomic E-state index is 0.0121. The van der Waals surface area contributed by atoms with E-state index >= 15 is 0 Å². The topological polar surface area (TPSA) is 71.1 Å². The highest BCUT2D eigenvalue weighted by Gasteiger charge is 2.56. The van der Waals surface area contributed by atoms with Crippen LogP contribution in [0.3, 0.4) is 0 Å². The van der Waals surface area contributed by atoms with Gasteiger partial charge < -0.3 is 14.8 Å². The van der Waals surface area contributed by atoms with Crippen LogP contribution in [-0.4, -0.2) is 88.7 Å². The fourth-order valence-corrected chi connectivity index (χ4v) is 6.93. The standard InChI is InChI=1S/C32H59N3O4/c1-28(2,3)35-22-32(16-23(17-32)26(36)20-38-29(4,5)6)19-25(35)18-31(10,11)34-14-12-24(13-15-34)33-27(37)21-39-30(7,8)9/h23-25H,12-22H2,1-11H3,(H,33,37). The summed E-state index contributed by atoms with van der Waals surface area (Å²) in [7, 11) is 0. The number of likely N-dealkylation sites (tertiary alicyclic amines) is 2. The van der Waals surface area contributed by atoms with E-state index in [9.17, 15) is 9.59 Å². The molecule has 3 rings (SSSR count). The van der Waals surface area contributed by atoms with Crippen LogP contribution in [0.1, 0.15) is 115 Å². The zero-order valence-corrected chi connectivity index (χ0v) is 27.0. The Hall–Kier alpha value is -1.02. The van der Waals surface area contributed by atoms with Crippen LogP contribution < -0.4 is 5.32 Å². The fraction of sp³-hybridized carbons (Fsp3) is 0.938. The van der Waals surface area contributed by atoms with Crippen molar-refractivity contribution in [2.75, 3.05) is 32.8 Å². The smallest absolute Gasteiger partial charge is 0.246 e. The summed E-state index contributed by atoms with van der Waals surface area (Å²) in [4.78, 5) is 30.5. The SMILES string of the molecule is CC(C)(C)OCC(=O)NC1CCN(C(C)(C)CC2CC3(CC(C(=O)COC(C)(C)C)C3)CN2C(C)(C)C)CC1. The van der Waals surface area contributed by atoms with E-state index in [2.05, 4.69) is 49.7 Å². The summed E-state index contributed by atoms with van der Waals surface area (Å²) < 4.78 is 11.4. The van der Waals surface area contributed by atoms with Crippen LogP contribution in [0.5, 0.6) is 0 Å². The Labute approximate surface area is 239 Å². The number of rotatable bonds is 9. The number of Topliss-reactive ketones (excluding diaryl/α,β-unsaturated/α-hetero) is 1. The summed E-state index contributed by atoms with van der Waals surface area (Å²) in [5.74, 6) is 0.424. The zero-order valence-electron chi connectivity index (χ0n) is 27.0. The molecule has 2 aliphatic heterocycles. The number of piperidine rings is 1. The van der Waals surface area contributed by atoms with Gasteiger partial charge in [-0.2, -0.15) is 0 Å². The van der Waals surface area contributed by atoms with E-state index in [-0.39, 0.29) is 64.6 Å². The lowest BCUT2D eigenvalue weighted by Crippen LogP contribution is -2.55. The summed E-state index contributed by atoms with van der Waals surface area (Å²) in [5.41, 5.74) is -0.140. The number of carbonyl (C=O) groups is 2. The van der Waals surface area contributed by atoms with Gasteiger partial charge in [-0.25, -0.2) is 0 Å². The summed E-state index contributed by atoms with van der Waals surface area (Å²) in [6, 6.07) is 0.731. The van der Waals surface area contributed by atoms with Gasteiger partial charge in [0.2, 0.25) is 5.91 Å². The molecule has 3 aliphatic rings. The van der Waals surface area contributed by atoms with Crippen molar-refractivity contribution in [1.29, 1.82) is 0 Å². The van der Waals surface area contributed by atoms with Crippen LogP contribution >= 0.6 is 0 Å². The molecule has 226 valence electrons. The van der Waals surface area contributed by atoms with Gasteiger partial charge in [0.05, 0.1) is 11.2 Å². The highest BCUT2D eigenvalue weighted by molar-refractivity contribution is 5.83. The molecule has 1 N–H and O–H groups in total. The number of carbonyl (C=O) groups excluding carboxylic acids is 2. The molecule has 39 heavy (non-hydrogen) atoms. The molecule has 7 heteroatoms. The highest BCUT2D eigenvalue weighted by atomic mass is 16.5. The lowest BCUT2D eigenvalue weighted by molar-refractivity contribution is -0.139. The normalized spacial score (nSPS) is 28.1. The van der Waals surface area contributed by atoms with E-state index in [1.807, 2.05) is 41.5 Å². The molecule has 0 aromatic heterocycles. The molecule has 7 nitrogen and oxygen atoms in total. The van der Waals surface area contributed by atoms with Crippen LogP contribution in [0, 0.1) is 11.3 Å². The molecule has 0 radical (unpaired) electrons. The molecule has 1 spiro atoms. The fourth-order valence-electron chi connectivity index (χ4n) is 6.93. The molecule has 0 aromatic rings. The molecular weight excluding hydrogens is 490 g/mol. The van der Waals surface area contributed by atoms with Crippen molar-refractivity contribution in [3.63, 3.8) is 0 Å². The lowest BCUT2D eigenvalue weighted by atomic mass is 9.59. The molecule has 2 saturated heterocycles. The van der Waals surface area contributed by atoms with Crippen molar-refractivity contribution >= 4 is 11.7 Å². The highest BCUT2D eigenvalue weighted by Crippen LogP contribution is 2.56. The third kappa shape index (κ3) is 9.24. The van der Waals surface area contributed by atoms with E-state index in [1.165, 1.54) is 6.42 Å². The largest absolute Gasteiger partial charge is 0.368 e. The molecule has 3 fully saturated rings. The Kier molecular flexibility index (Phi) is 9.74. The monoisotopic (exact) mass is 549 g/mol. The number of hydrogen-bond acceptors (Lipinski definition) is 6. The predicted octanol–water partition coefficient (Wildman–Crippen LogP) is 5.20. The molecule has 0 bridgehead atoms. The minimum Gasteiger partial charge on any atom is -0.368 e. The minimum atomic E-state index is -0.304. The van der Waals surface area contributed by atoms with Gasteiger partial charge in [0.1, 0.15) is 13.2 Å². The van der Waals surface area contributed by atoms with Crippen molar-refractivity contribution in [3.05, 3.63) is 0 Å². The summed E-state index contributed by atoms with van der Waals surface area (Å²) in [5, 5.41) is 3.18. The van der Waals surface area contributed by atoms with Crippen LogP contribution in [0.25, 0.3) is 0 Å². The molecule has 1 atom stereocenters. The van der Waals surface area contributed by atoms with Gasteiger partial charge in [-0.3, -0.25) is 19.4 Å². The number of nitrogens with one attached hydrogen (secondary N) is 1. The van der Waals surface area contributed by atoms with Crippen LogP contribution in [-0.2, 0) is 19.1 Å². The van der Waals surface area contributed by atoms with E-state index in [0.717, 1.165) is 51.7 Å². The Balaban J connectivity index is 1.53. The number of ketones is 1. The maximum Gasteiger partial charge on any atom is 0.246 e. The second kappa shape index (κ2) is 11.7. The first-order chi connectivity index (χ1) is 17.7. The quantitative estimate of drug-likeness (QED) is 0.426. The van der Waals surface area contributed by atoms with Crippen LogP contribution in [0.15, 0.2) is 0 Å². The first kappa shape index (κ1) is 32.5. The van der Waals surface area contributed by atoms with E-state index < -0.39 is 0 Å². The zero-order chi connectivity index (χ0) is 29.4. The molecule has 0 aromatic carbocycles. The number of ether oxygens (including phenoxy) is 2. The Morgan fingerprint density at radius 3 is 1.87 bits per heavy atom. The van der Waals surface area contributed by atoms with Crippen molar-refractivity contribution in [2.24, 2.45) is 11.3 Å². The van der Waals surface area contributed by atoms with Crippen molar-refractivity contribution in [2.45, 2.75) is 149 Å². The van der Waals surface area contributed by atoms with Gasteiger partial charge in [0.25, 0.3) is 0 Å². The van der Waals surface area contributed by atoms with Gasteiger partial charge in [-0.1, -0.05) is 0 Å². The number of hydrogen-bond donors (Lipinski definition) is 1. The summed E-state index contributed by atoms with van der Waals surface area (Å²) in [6.07, 6.45) is 6.26. The Bertz CT molecular complexity index is 850. The maximum absolute atomic E-state index is 12.8. The van der Waals surface area contributed by atoms with Gasteiger partial charge >= 0.3 is 0 Å². The van der Waals surface area contributed by atoms with E-state index in [4.69, 9.17) is 9.47 Å². The third-order valence-corrected chi connectivity index (χ3v) is 9.03. The Morgan fingerprint density at radius 1 is 0.821 bits per heavy atom. The van der Waals surface area contributed by atoms with Gasteiger partial charge in [0, 0.05) is 48.7 Å². The van der Waals surface area contributed by atoms with Gasteiger partial charge in [0.15, 0.2) is 5.78 Å². The predicted molar refractivity (Wildman–Crippen MR) is 158 cm³/mol. The number of amides is 1. The average Bonchev–Trinajstić information content (AvgIpc) is 3.14. The second-order valence-electron chi connectivity index (χ2n) is 16.4. The average molecular weight is 550 g/mol. The third-order valence-electron chi connectivity index (χ3n) is 9.03. The van der Waals surface area contributed by atoms with Crippen LogP contribution in [0.2, 0.25) is 0 Å². The Morgan fingerprint density at radius 2 is 1.36 bits per heavy atom. The lowest BCUT2D eigenvalue weighted by Gasteiger charge is -2.47. The molecule has 1 amide bonds. The van der Waals surface area contributed by atoms with Gasteiger partial charge in [-0.05, 0) is 120 Å². The van der Waals surface area contributed by atoms with Crippen molar-refractivity contribution in [3.8, 4) is 0 Å². The summed E-state index contributed by atoms with van der Waals surface area (Å²) >= 11 is 0. The maximum atomic E-state index is 12.8. The summed E-state index contributed by atoms with van der Waals surface area (Å²) in [6.45, 7) is 27.2. The molecular formula is C32H59N3O4. The first-order valence-electron chi connectivity index (χ1n) is 15.3. The van der Waals surface area contributed by atoms with E-state index in [0.29, 0.717) is 6.04 Å². The van der Waals surface area contributed by atoms with Crippen molar-refractivity contribution < 1.29 is 19.1 Å². The molecule has 2 heterocycles. The second-order valence-corrected chi connectivity index (χ2v) is 16.4. The van der Waals surface area contributed by atoms with Crippen LogP contribution in [0.4, 0.5) is 0 Å². The molecule has 1 unspecified atom stereocenters. The van der Waals surface area contributed by atoms with Crippen molar-refractivity contribution in [1.82, 2.24) is 15.1 Å². The van der Waals surface area contributed by atoms with E-state index in [1.54, 1.807) is 0 Å². The molecule has 1 aliphatic carbocycles.